The van der Waals surface area contributed by atoms with Crippen molar-refractivity contribution in [3.05, 3.63) is 23.8 Å². The monoisotopic (exact) mass is 251 g/mol. The van der Waals surface area contributed by atoms with Gasteiger partial charge in [0.15, 0.2) is 0 Å². The molecule has 0 aromatic heterocycles. The Morgan fingerprint density at radius 2 is 1.83 bits per heavy atom. The Hall–Kier alpha value is -1.26. The van der Waals surface area contributed by atoms with Crippen molar-refractivity contribution in [2.75, 3.05) is 6.61 Å². The van der Waals surface area contributed by atoms with Crippen LogP contribution in [0.15, 0.2) is 18.2 Å². The lowest BCUT2D eigenvalue weighted by Gasteiger charge is -2.36. The van der Waals surface area contributed by atoms with Gasteiger partial charge in [-0.1, -0.05) is 25.3 Å². The molecule has 0 bridgehead atoms. The van der Waals surface area contributed by atoms with Gasteiger partial charge in [-0.2, -0.15) is 0 Å². The van der Waals surface area contributed by atoms with Gasteiger partial charge < -0.3 is 20.6 Å². The topological polar surface area (TPSA) is 72.7 Å². The predicted octanol–water partition coefficient (Wildman–Crippen LogP) is 1.88. The average Bonchev–Trinajstić information content (AvgIpc) is 2.39. The number of phenolic OH excluding ortho intramolecular Hbond substituents is 2. The number of aliphatic hydroxyl groups is 1. The van der Waals surface area contributed by atoms with Crippen molar-refractivity contribution in [1.82, 2.24) is 5.32 Å². The summed E-state index contributed by atoms with van der Waals surface area (Å²) in [6.07, 6.45) is 5.45. The molecule has 0 spiro atoms. The summed E-state index contributed by atoms with van der Waals surface area (Å²) in [7, 11) is 0. The summed E-state index contributed by atoms with van der Waals surface area (Å²) in [5.74, 6) is 0.150. The van der Waals surface area contributed by atoms with E-state index in [-0.39, 0.29) is 23.6 Å². The first-order valence-electron chi connectivity index (χ1n) is 6.52. The highest BCUT2D eigenvalue weighted by molar-refractivity contribution is 5.38. The molecule has 1 fully saturated rings. The van der Waals surface area contributed by atoms with Gasteiger partial charge in [0, 0.05) is 23.7 Å². The van der Waals surface area contributed by atoms with Gasteiger partial charge in [-0.25, -0.2) is 0 Å². The number of nitrogens with one attached hydrogen (secondary N) is 1. The van der Waals surface area contributed by atoms with Crippen molar-refractivity contribution in [1.29, 1.82) is 0 Å². The fraction of sp³-hybridized carbons (Fsp3) is 0.571. The van der Waals surface area contributed by atoms with E-state index in [2.05, 4.69) is 5.32 Å². The molecule has 100 valence electrons. The highest BCUT2D eigenvalue weighted by atomic mass is 16.3. The molecule has 18 heavy (non-hydrogen) atoms. The molecule has 1 aromatic carbocycles. The van der Waals surface area contributed by atoms with Crippen LogP contribution in [0, 0.1) is 0 Å². The Labute approximate surface area is 107 Å². The fourth-order valence-corrected chi connectivity index (χ4v) is 2.60. The molecule has 0 aliphatic heterocycles. The number of aliphatic hydroxyl groups excluding tert-OH is 1. The van der Waals surface area contributed by atoms with Gasteiger partial charge in [0.1, 0.15) is 11.5 Å². The van der Waals surface area contributed by atoms with Crippen LogP contribution in [0.3, 0.4) is 0 Å². The Bertz CT molecular complexity index is 400. The summed E-state index contributed by atoms with van der Waals surface area (Å²) in [6.45, 7) is 0.637. The molecule has 0 saturated heterocycles. The van der Waals surface area contributed by atoms with Crippen molar-refractivity contribution >= 4 is 0 Å². The zero-order chi connectivity index (χ0) is 13.0. The smallest absolute Gasteiger partial charge is 0.123 e. The molecule has 0 atom stereocenters. The predicted molar refractivity (Wildman–Crippen MR) is 69.5 cm³/mol. The van der Waals surface area contributed by atoms with Crippen molar-refractivity contribution < 1.29 is 15.3 Å². The SMILES string of the molecule is OCC1(NCc2ccc(O)cc2O)CCCCC1. The van der Waals surface area contributed by atoms with Gasteiger partial charge in [0.2, 0.25) is 0 Å². The molecule has 1 aliphatic carbocycles. The van der Waals surface area contributed by atoms with Gasteiger partial charge in [-0.3, -0.25) is 0 Å². The van der Waals surface area contributed by atoms with Crippen LogP contribution in [0.1, 0.15) is 37.7 Å². The number of benzene rings is 1. The molecule has 1 aromatic rings. The summed E-state index contributed by atoms with van der Waals surface area (Å²) >= 11 is 0. The second kappa shape index (κ2) is 5.59. The largest absolute Gasteiger partial charge is 0.508 e. The second-order valence-electron chi connectivity index (χ2n) is 5.17. The fourth-order valence-electron chi connectivity index (χ4n) is 2.60. The van der Waals surface area contributed by atoms with Crippen LogP contribution < -0.4 is 5.32 Å². The van der Waals surface area contributed by atoms with E-state index in [0.29, 0.717) is 6.54 Å². The Balaban J connectivity index is 2.01. The quantitative estimate of drug-likeness (QED) is 0.659. The van der Waals surface area contributed by atoms with Crippen LogP contribution in [0.5, 0.6) is 11.5 Å². The van der Waals surface area contributed by atoms with E-state index < -0.39 is 0 Å². The average molecular weight is 251 g/mol. The van der Waals surface area contributed by atoms with E-state index in [1.165, 1.54) is 12.5 Å². The van der Waals surface area contributed by atoms with Crippen LogP contribution in [0.2, 0.25) is 0 Å². The molecule has 1 aliphatic rings. The minimum atomic E-state index is -0.206. The van der Waals surface area contributed by atoms with E-state index in [1.807, 2.05) is 0 Å². The van der Waals surface area contributed by atoms with Crippen LogP contribution in [0.4, 0.5) is 0 Å². The van der Waals surface area contributed by atoms with Gasteiger partial charge in [0.25, 0.3) is 0 Å². The molecule has 4 nitrogen and oxygen atoms in total. The zero-order valence-electron chi connectivity index (χ0n) is 10.5. The number of hydrogen-bond acceptors (Lipinski definition) is 4. The third-order valence-corrected chi connectivity index (χ3v) is 3.84. The first-order valence-corrected chi connectivity index (χ1v) is 6.52. The van der Waals surface area contributed by atoms with Gasteiger partial charge in [0.05, 0.1) is 6.61 Å². The molecule has 0 heterocycles. The van der Waals surface area contributed by atoms with Crippen molar-refractivity contribution in [2.45, 2.75) is 44.2 Å². The summed E-state index contributed by atoms with van der Waals surface area (Å²) in [6, 6.07) is 4.60. The molecular weight excluding hydrogens is 230 g/mol. The van der Waals surface area contributed by atoms with Crippen molar-refractivity contribution in [3.63, 3.8) is 0 Å². The van der Waals surface area contributed by atoms with Crippen molar-refractivity contribution in [3.8, 4) is 11.5 Å². The van der Waals surface area contributed by atoms with Crippen LogP contribution in [0.25, 0.3) is 0 Å². The van der Waals surface area contributed by atoms with Gasteiger partial charge in [-0.05, 0) is 18.9 Å². The standard InChI is InChI=1S/C14H21NO3/c16-10-14(6-2-1-3-7-14)15-9-11-4-5-12(17)8-13(11)18/h4-5,8,15-18H,1-3,6-7,9-10H2. The third kappa shape index (κ3) is 2.94. The van der Waals surface area contributed by atoms with E-state index >= 15 is 0 Å². The summed E-state index contributed by atoms with van der Waals surface area (Å²) in [4.78, 5) is 0. The van der Waals surface area contributed by atoms with E-state index in [4.69, 9.17) is 0 Å². The van der Waals surface area contributed by atoms with Crippen LogP contribution in [-0.4, -0.2) is 27.5 Å². The maximum absolute atomic E-state index is 9.71. The van der Waals surface area contributed by atoms with Crippen molar-refractivity contribution in [2.24, 2.45) is 0 Å². The maximum atomic E-state index is 9.71. The number of phenols is 2. The molecule has 0 radical (unpaired) electrons. The van der Waals surface area contributed by atoms with E-state index in [9.17, 15) is 15.3 Å². The normalized spacial score (nSPS) is 18.7. The lowest BCUT2D eigenvalue weighted by Crippen LogP contribution is -2.49. The van der Waals surface area contributed by atoms with E-state index in [1.54, 1.807) is 12.1 Å². The number of hydrogen-bond donors (Lipinski definition) is 4. The molecule has 4 N–H and O–H groups in total. The third-order valence-electron chi connectivity index (χ3n) is 3.84. The van der Waals surface area contributed by atoms with Crippen LogP contribution in [-0.2, 0) is 6.54 Å². The summed E-state index contributed by atoms with van der Waals surface area (Å²) in [5, 5.41) is 31.9. The first kappa shape index (κ1) is 13.2. The lowest BCUT2D eigenvalue weighted by molar-refractivity contribution is 0.119. The molecule has 2 rings (SSSR count). The van der Waals surface area contributed by atoms with Crippen LogP contribution >= 0.6 is 0 Å². The van der Waals surface area contributed by atoms with Gasteiger partial charge in [-0.15, -0.1) is 0 Å². The Morgan fingerprint density at radius 1 is 1.11 bits per heavy atom. The molecular formula is C14H21NO3. The Morgan fingerprint density at radius 3 is 2.44 bits per heavy atom. The molecule has 0 amide bonds. The first-order chi connectivity index (χ1) is 8.65. The minimum absolute atomic E-state index is 0.0609. The maximum Gasteiger partial charge on any atom is 0.123 e. The summed E-state index contributed by atoms with van der Waals surface area (Å²) in [5.41, 5.74) is 0.536. The van der Waals surface area contributed by atoms with Gasteiger partial charge >= 0.3 is 0 Å². The molecule has 4 heteroatoms. The minimum Gasteiger partial charge on any atom is -0.508 e. The zero-order valence-corrected chi connectivity index (χ0v) is 10.5. The molecule has 0 unspecified atom stereocenters. The highest BCUT2D eigenvalue weighted by Crippen LogP contribution is 2.29. The Kier molecular flexibility index (Phi) is 4.09. The molecule has 1 saturated carbocycles. The highest BCUT2D eigenvalue weighted by Gasteiger charge is 2.30. The lowest BCUT2D eigenvalue weighted by atomic mass is 9.82. The number of aromatic hydroxyl groups is 2. The summed E-state index contributed by atoms with van der Waals surface area (Å²) < 4.78 is 0. The second-order valence-corrected chi connectivity index (χ2v) is 5.17. The number of rotatable bonds is 4. The van der Waals surface area contributed by atoms with E-state index in [0.717, 1.165) is 31.2 Å².